The average Bonchev–Trinajstić information content (AvgIpc) is 3.11. The van der Waals surface area contributed by atoms with E-state index in [1.54, 1.807) is 24.3 Å². The highest BCUT2D eigenvalue weighted by molar-refractivity contribution is 7.89. The first-order valence-corrected chi connectivity index (χ1v) is 11.0. The molecule has 1 amide bonds. The highest BCUT2D eigenvalue weighted by atomic mass is 32.2. The Hall–Kier alpha value is -1.97. The van der Waals surface area contributed by atoms with E-state index in [9.17, 15) is 13.2 Å². The summed E-state index contributed by atoms with van der Waals surface area (Å²) in [5.74, 6) is 0.400. The van der Waals surface area contributed by atoms with Gasteiger partial charge in [0.25, 0.3) is 0 Å². The lowest BCUT2D eigenvalue weighted by atomic mass is 9.97. The smallest absolute Gasteiger partial charge is 0.243 e. The molecule has 7 nitrogen and oxygen atoms in total. The SMILES string of the molecule is COc1ccc(S(=O)(=O)N2CCC(C(=O)NCc3nc(C)cs3)CC2)cc1. The summed E-state index contributed by atoms with van der Waals surface area (Å²) >= 11 is 1.52. The van der Waals surface area contributed by atoms with E-state index in [0.29, 0.717) is 38.2 Å². The van der Waals surface area contributed by atoms with Crippen molar-refractivity contribution in [3.05, 3.63) is 40.3 Å². The number of ether oxygens (including phenoxy) is 1. The van der Waals surface area contributed by atoms with Crippen molar-refractivity contribution in [2.45, 2.75) is 31.2 Å². The molecule has 0 radical (unpaired) electrons. The van der Waals surface area contributed by atoms with Crippen LogP contribution in [0.3, 0.4) is 0 Å². The molecule has 9 heteroatoms. The molecule has 3 rings (SSSR count). The first-order valence-electron chi connectivity index (χ1n) is 8.73. The summed E-state index contributed by atoms with van der Waals surface area (Å²) in [6.07, 6.45) is 1.02. The van der Waals surface area contributed by atoms with Crippen molar-refractivity contribution in [1.29, 1.82) is 0 Å². The van der Waals surface area contributed by atoms with E-state index >= 15 is 0 Å². The van der Waals surface area contributed by atoms with E-state index in [1.807, 2.05) is 12.3 Å². The molecule has 1 aliphatic heterocycles. The lowest BCUT2D eigenvalue weighted by Crippen LogP contribution is -2.42. The fraction of sp³-hybridized carbons (Fsp3) is 0.444. The van der Waals surface area contributed by atoms with Crippen molar-refractivity contribution < 1.29 is 17.9 Å². The number of carbonyl (C=O) groups excluding carboxylic acids is 1. The van der Waals surface area contributed by atoms with Crippen LogP contribution in [-0.4, -0.2) is 43.8 Å². The molecule has 0 atom stereocenters. The van der Waals surface area contributed by atoms with Crippen LogP contribution < -0.4 is 10.1 Å². The lowest BCUT2D eigenvalue weighted by molar-refractivity contribution is -0.126. The Kier molecular flexibility index (Phi) is 6.13. The molecule has 1 fully saturated rings. The number of hydrogen-bond acceptors (Lipinski definition) is 6. The second-order valence-corrected chi connectivity index (χ2v) is 9.33. The summed E-state index contributed by atoms with van der Waals surface area (Å²) in [5.41, 5.74) is 0.946. The van der Waals surface area contributed by atoms with Gasteiger partial charge in [0.05, 0.1) is 18.6 Å². The number of methoxy groups -OCH3 is 1. The first-order chi connectivity index (χ1) is 12.9. The molecule has 0 saturated carbocycles. The summed E-state index contributed by atoms with van der Waals surface area (Å²) in [4.78, 5) is 16.9. The topological polar surface area (TPSA) is 88.6 Å². The molecule has 146 valence electrons. The van der Waals surface area contributed by atoms with Crippen LogP contribution in [0.5, 0.6) is 5.75 Å². The van der Waals surface area contributed by atoms with Crippen LogP contribution >= 0.6 is 11.3 Å². The Labute approximate surface area is 163 Å². The maximum atomic E-state index is 12.8. The van der Waals surface area contributed by atoms with Crippen LogP contribution in [0.25, 0.3) is 0 Å². The second kappa shape index (κ2) is 8.37. The van der Waals surface area contributed by atoms with E-state index in [4.69, 9.17) is 4.74 Å². The molecule has 1 N–H and O–H groups in total. The minimum Gasteiger partial charge on any atom is -0.497 e. The van der Waals surface area contributed by atoms with Gasteiger partial charge in [0.1, 0.15) is 10.8 Å². The minimum absolute atomic E-state index is 0.0376. The van der Waals surface area contributed by atoms with Crippen molar-refractivity contribution >= 4 is 27.3 Å². The largest absolute Gasteiger partial charge is 0.497 e. The van der Waals surface area contributed by atoms with Crippen molar-refractivity contribution in [2.75, 3.05) is 20.2 Å². The molecular weight excluding hydrogens is 386 g/mol. The molecular formula is C18H23N3O4S2. The first kappa shape index (κ1) is 19.8. The maximum Gasteiger partial charge on any atom is 0.243 e. The van der Waals surface area contributed by atoms with Crippen molar-refractivity contribution in [1.82, 2.24) is 14.6 Å². The van der Waals surface area contributed by atoms with Crippen molar-refractivity contribution in [3.8, 4) is 5.75 Å². The third-order valence-corrected chi connectivity index (χ3v) is 7.48. The van der Waals surface area contributed by atoms with Gasteiger partial charge in [0.2, 0.25) is 15.9 Å². The maximum absolute atomic E-state index is 12.8. The average molecular weight is 410 g/mol. The van der Waals surface area contributed by atoms with E-state index in [1.165, 1.54) is 22.8 Å². The van der Waals surface area contributed by atoms with Gasteiger partial charge in [-0.15, -0.1) is 11.3 Å². The summed E-state index contributed by atoms with van der Waals surface area (Å²) < 4.78 is 32.0. The van der Waals surface area contributed by atoms with Gasteiger partial charge < -0.3 is 10.1 Å². The highest BCUT2D eigenvalue weighted by Crippen LogP contribution is 2.25. The fourth-order valence-corrected chi connectivity index (χ4v) is 5.23. The molecule has 1 aliphatic rings. The Morgan fingerprint density at radius 2 is 1.96 bits per heavy atom. The molecule has 1 aromatic carbocycles. The predicted octanol–water partition coefficient (Wildman–Crippen LogP) is 2.18. The number of nitrogens with zero attached hydrogens (tertiary/aromatic N) is 2. The number of carbonyl (C=O) groups is 1. The van der Waals surface area contributed by atoms with E-state index in [0.717, 1.165) is 10.7 Å². The zero-order valence-corrected chi connectivity index (χ0v) is 17.0. The van der Waals surface area contributed by atoms with Gasteiger partial charge in [0, 0.05) is 30.1 Å². The van der Waals surface area contributed by atoms with Gasteiger partial charge in [-0.05, 0) is 44.0 Å². The molecule has 2 heterocycles. The number of nitrogens with one attached hydrogen (secondary N) is 1. The quantitative estimate of drug-likeness (QED) is 0.790. The standard InChI is InChI=1S/C18H23N3O4S2/c1-13-12-26-17(20-13)11-19-18(22)14-7-9-21(10-8-14)27(23,24)16-5-3-15(25-2)4-6-16/h3-6,12,14H,7-11H2,1-2H3,(H,19,22). The second-order valence-electron chi connectivity index (χ2n) is 6.45. The van der Waals surface area contributed by atoms with E-state index < -0.39 is 10.0 Å². The molecule has 1 aromatic heterocycles. The fourth-order valence-electron chi connectivity index (χ4n) is 3.05. The van der Waals surface area contributed by atoms with E-state index in [-0.39, 0.29) is 16.7 Å². The normalized spacial score (nSPS) is 16.2. The molecule has 2 aromatic rings. The third-order valence-electron chi connectivity index (χ3n) is 4.60. The number of thiazole rings is 1. The van der Waals surface area contributed by atoms with Gasteiger partial charge in [-0.2, -0.15) is 4.31 Å². The van der Waals surface area contributed by atoms with Crippen molar-refractivity contribution in [3.63, 3.8) is 0 Å². The van der Waals surface area contributed by atoms with Crippen LogP contribution in [-0.2, 0) is 21.4 Å². The van der Waals surface area contributed by atoms with Gasteiger partial charge in [0.15, 0.2) is 0 Å². The number of amides is 1. The number of aromatic nitrogens is 1. The number of hydrogen-bond donors (Lipinski definition) is 1. The van der Waals surface area contributed by atoms with Crippen molar-refractivity contribution in [2.24, 2.45) is 5.92 Å². The van der Waals surface area contributed by atoms with Gasteiger partial charge in [-0.25, -0.2) is 13.4 Å². The Bertz CT molecular complexity index is 886. The van der Waals surface area contributed by atoms with E-state index in [2.05, 4.69) is 10.3 Å². The summed E-state index contributed by atoms with van der Waals surface area (Å²) in [5, 5.41) is 5.73. The summed E-state index contributed by atoms with van der Waals surface area (Å²) in [7, 11) is -2.01. The van der Waals surface area contributed by atoms with Crippen LogP contribution in [0.15, 0.2) is 34.5 Å². The summed E-state index contributed by atoms with van der Waals surface area (Å²) in [6, 6.07) is 6.35. The van der Waals surface area contributed by atoms with Crippen LogP contribution in [0.4, 0.5) is 0 Å². The molecule has 1 saturated heterocycles. The number of benzene rings is 1. The number of rotatable bonds is 6. The zero-order valence-electron chi connectivity index (χ0n) is 15.3. The molecule has 27 heavy (non-hydrogen) atoms. The number of aryl methyl sites for hydroxylation is 1. The Balaban J connectivity index is 1.54. The zero-order chi connectivity index (χ0) is 19.4. The molecule has 0 bridgehead atoms. The van der Waals surface area contributed by atoms with Crippen LogP contribution in [0.2, 0.25) is 0 Å². The van der Waals surface area contributed by atoms with Crippen LogP contribution in [0, 0.1) is 12.8 Å². The predicted molar refractivity (Wildman–Crippen MR) is 103 cm³/mol. The number of sulfonamides is 1. The Morgan fingerprint density at radius 3 is 2.52 bits per heavy atom. The molecule has 0 aliphatic carbocycles. The molecule has 0 spiro atoms. The van der Waals surface area contributed by atoms with Gasteiger partial charge in [-0.1, -0.05) is 0 Å². The van der Waals surface area contributed by atoms with Gasteiger partial charge in [-0.3, -0.25) is 4.79 Å². The minimum atomic E-state index is -3.55. The Morgan fingerprint density at radius 1 is 1.30 bits per heavy atom. The third kappa shape index (κ3) is 4.66. The summed E-state index contributed by atoms with van der Waals surface area (Å²) in [6.45, 7) is 3.01. The van der Waals surface area contributed by atoms with Crippen LogP contribution in [0.1, 0.15) is 23.5 Å². The molecule has 0 unspecified atom stereocenters. The number of piperidine rings is 1. The lowest BCUT2D eigenvalue weighted by Gasteiger charge is -2.30. The highest BCUT2D eigenvalue weighted by Gasteiger charge is 2.32. The monoisotopic (exact) mass is 409 g/mol. The van der Waals surface area contributed by atoms with Gasteiger partial charge >= 0.3 is 0 Å².